The van der Waals surface area contributed by atoms with Crippen LogP contribution in [0.4, 0.5) is 11.4 Å². The normalized spacial score (nSPS) is 19.1. The number of hydrogen-bond acceptors (Lipinski definition) is 2. The smallest absolute Gasteiger partial charge is 0.279 e. The molecule has 3 rings (SSSR count). The van der Waals surface area contributed by atoms with Crippen molar-refractivity contribution in [2.24, 2.45) is 0 Å². The molecule has 1 heterocycles. The van der Waals surface area contributed by atoms with Crippen molar-refractivity contribution in [2.45, 2.75) is 13.8 Å². The van der Waals surface area contributed by atoms with E-state index >= 15 is 0 Å². The monoisotopic (exact) mass is 382 g/mol. The second-order valence-corrected chi connectivity index (χ2v) is 7.68. The summed E-state index contributed by atoms with van der Waals surface area (Å²) in [5.74, 6) is 0.0823. The summed E-state index contributed by atoms with van der Waals surface area (Å²) in [6, 6.07) is 15.7. The summed E-state index contributed by atoms with van der Waals surface area (Å²) in [6.07, 6.45) is 0. The molecule has 0 aliphatic carbocycles. The Morgan fingerprint density at radius 1 is 0.679 bits per heavy atom. The van der Waals surface area contributed by atoms with Crippen molar-refractivity contribution < 1.29 is 19.4 Å². The molecule has 0 atom stereocenters. The zero-order valence-electron chi connectivity index (χ0n) is 16.7. The van der Waals surface area contributed by atoms with E-state index in [1.165, 1.54) is 20.9 Å². The molecular formula is C22H30N4O2+2. The van der Waals surface area contributed by atoms with Crippen molar-refractivity contribution in [3.8, 4) is 0 Å². The summed E-state index contributed by atoms with van der Waals surface area (Å²) in [7, 11) is 0. The number of amides is 2. The maximum Gasteiger partial charge on any atom is 0.279 e. The molecule has 0 spiro atoms. The number of anilines is 2. The van der Waals surface area contributed by atoms with E-state index < -0.39 is 0 Å². The van der Waals surface area contributed by atoms with Gasteiger partial charge in [0, 0.05) is 11.4 Å². The first-order valence-corrected chi connectivity index (χ1v) is 9.88. The second-order valence-electron chi connectivity index (χ2n) is 7.68. The molecule has 1 saturated heterocycles. The van der Waals surface area contributed by atoms with Crippen molar-refractivity contribution in [1.29, 1.82) is 0 Å². The molecule has 148 valence electrons. The first-order valence-electron chi connectivity index (χ1n) is 9.88. The number of piperazine rings is 1. The SMILES string of the molecule is Cc1ccc(NC(=O)C[NH+]2CC[NH+](CC(=O)Nc3ccc(C)cc3)CC2)cc1. The summed E-state index contributed by atoms with van der Waals surface area (Å²) < 4.78 is 0. The van der Waals surface area contributed by atoms with E-state index in [0.717, 1.165) is 37.6 Å². The van der Waals surface area contributed by atoms with Crippen molar-refractivity contribution in [1.82, 2.24) is 0 Å². The summed E-state index contributed by atoms with van der Waals surface area (Å²) in [6.45, 7) is 8.58. The van der Waals surface area contributed by atoms with Gasteiger partial charge in [-0.3, -0.25) is 9.59 Å². The van der Waals surface area contributed by atoms with Gasteiger partial charge in [0.25, 0.3) is 11.8 Å². The molecular weight excluding hydrogens is 352 g/mol. The van der Waals surface area contributed by atoms with Gasteiger partial charge in [0.1, 0.15) is 26.2 Å². The molecule has 6 nitrogen and oxygen atoms in total. The molecule has 1 aliphatic heterocycles. The highest BCUT2D eigenvalue weighted by Crippen LogP contribution is 2.08. The average molecular weight is 383 g/mol. The lowest BCUT2D eigenvalue weighted by Crippen LogP contribution is -3.28. The van der Waals surface area contributed by atoms with Gasteiger partial charge in [-0.2, -0.15) is 0 Å². The number of carbonyl (C=O) groups excluding carboxylic acids is 2. The van der Waals surface area contributed by atoms with Crippen LogP contribution in [0.3, 0.4) is 0 Å². The third-order valence-electron chi connectivity index (χ3n) is 5.16. The Kier molecular flexibility index (Phi) is 6.79. The lowest BCUT2D eigenvalue weighted by molar-refractivity contribution is -1.00. The third-order valence-corrected chi connectivity index (χ3v) is 5.16. The molecule has 2 amide bonds. The van der Waals surface area contributed by atoms with E-state index in [1.54, 1.807) is 0 Å². The minimum Gasteiger partial charge on any atom is -0.321 e. The fraction of sp³-hybridized carbons (Fsp3) is 0.364. The van der Waals surface area contributed by atoms with Crippen LogP contribution in [0.25, 0.3) is 0 Å². The predicted molar refractivity (Wildman–Crippen MR) is 111 cm³/mol. The molecule has 0 unspecified atom stereocenters. The van der Waals surface area contributed by atoms with Crippen molar-refractivity contribution in [2.75, 3.05) is 49.9 Å². The van der Waals surface area contributed by atoms with Crippen molar-refractivity contribution in [3.05, 3.63) is 59.7 Å². The predicted octanol–water partition coefficient (Wildman–Crippen LogP) is -0.336. The molecule has 0 aromatic heterocycles. The molecule has 1 aliphatic rings. The highest BCUT2D eigenvalue weighted by molar-refractivity contribution is 5.92. The number of aryl methyl sites for hydroxylation is 2. The van der Waals surface area contributed by atoms with E-state index in [-0.39, 0.29) is 11.8 Å². The maximum absolute atomic E-state index is 12.2. The Hall–Kier alpha value is -2.70. The van der Waals surface area contributed by atoms with E-state index in [9.17, 15) is 9.59 Å². The zero-order chi connectivity index (χ0) is 19.9. The van der Waals surface area contributed by atoms with Crippen LogP contribution in [0.1, 0.15) is 11.1 Å². The van der Waals surface area contributed by atoms with Crippen LogP contribution in [0.5, 0.6) is 0 Å². The number of nitrogens with one attached hydrogen (secondary N) is 4. The Morgan fingerprint density at radius 3 is 1.32 bits per heavy atom. The second kappa shape index (κ2) is 9.48. The lowest BCUT2D eigenvalue weighted by atomic mass is 10.2. The first-order chi connectivity index (χ1) is 13.5. The quantitative estimate of drug-likeness (QED) is 0.553. The molecule has 28 heavy (non-hydrogen) atoms. The Morgan fingerprint density at radius 2 is 1.00 bits per heavy atom. The summed E-state index contributed by atoms with van der Waals surface area (Å²) in [4.78, 5) is 27.0. The van der Waals surface area contributed by atoms with E-state index in [1.807, 2.05) is 62.4 Å². The Labute approximate surface area is 166 Å². The van der Waals surface area contributed by atoms with Crippen molar-refractivity contribution >= 4 is 23.2 Å². The zero-order valence-corrected chi connectivity index (χ0v) is 16.7. The lowest BCUT2D eigenvalue weighted by Gasteiger charge is -2.29. The van der Waals surface area contributed by atoms with Gasteiger partial charge >= 0.3 is 0 Å². The van der Waals surface area contributed by atoms with Crippen LogP contribution in [-0.4, -0.2) is 51.1 Å². The molecule has 0 bridgehead atoms. The average Bonchev–Trinajstić information content (AvgIpc) is 2.67. The third kappa shape index (κ3) is 6.18. The Balaban J connectivity index is 1.37. The van der Waals surface area contributed by atoms with Crippen LogP contribution < -0.4 is 20.4 Å². The maximum atomic E-state index is 12.2. The number of rotatable bonds is 6. The minimum absolute atomic E-state index is 0.0411. The Bertz CT molecular complexity index is 725. The van der Waals surface area contributed by atoms with Gasteiger partial charge in [-0.05, 0) is 38.1 Å². The summed E-state index contributed by atoms with van der Waals surface area (Å²) >= 11 is 0. The summed E-state index contributed by atoms with van der Waals surface area (Å²) in [5.41, 5.74) is 4.03. The topological polar surface area (TPSA) is 67.1 Å². The van der Waals surface area contributed by atoms with Crippen LogP contribution >= 0.6 is 0 Å². The van der Waals surface area contributed by atoms with E-state index in [2.05, 4.69) is 10.6 Å². The fourth-order valence-electron chi connectivity index (χ4n) is 3.45. The molecule has 4 N–H and O–H groups in total. The number of hydrogen-bond donors (Lipinski definition) is 4. The number of benzene rings is 2. The van der Waals surface area contributed by atoms with Gasteiger partial charge < -0.3 is 20.4 Å². The first kappa shape index (κ1) is 20.0. The molecule has 2 aromatic carbocycles. The number of carbonyl (C=O) groups is 2. The van der Waals surface area contributed by atoms with Crippen LogP contribution in [-0.2, 0) is 9.59 Å². The fourth-order valence-corrected chi connectivity index (χ4v) is 3.45. The van der Waals surface area contributed by atoms with E-state index in [4.69, 9.17) is 0 Å². The van der Waals surface area contributed by atoms with Gasteiger partial charge in [-0.25, -0.2) is 0 Å². The number of quaternary nitrogens is 2. The van der Waals surface area contributed by atoms with E-state index in [0.29, 0.717) is 13.1 Å². The molecule has 1 fully saturated rings. The minimum atomic E-state index is 0.0411. The highest BCUT2D eigenvalue weighted by Gasteiger charge is 2.26. The molecule has 0 saturated carbocycles. The van der Waals surface area contributed by atoms with Gasteiger partial charge in [0.2, 0.25) is 0 Å². The standard InChI is InChI=1S/C22H28N4O2/c1-17-3-7-19(8-4-17)23-21(27)15-25-11-13-26(14-12-25)16-22(28)24-20-9-5-18(2)6-10-20/h3-10H,11-16H2,1-2H3,(H,23,27)(H,24,28)/p+2. The van der Waals surface area contributed by atoms with Gasteiger partial charge in [-0.1, -0.05) is 35.4 Å². The van der Waals surface area contributed by atoms with Gasteiger partial charge in [0.15, 0.2) is 13.1 Å². The van der Waals surface area contributed by atoms with Crippen LogP contribution in [0.15, 0.2) is 48.5 Å². The molecule has 0 radical (unpaired) electrons. The van der Waals surface area contributed by atoms with Crippen molar-refractivity contribution in [3.63, 3.8) is 0 Å². The van der Waals surface area contributed by atoms with Gasteiger partial charge in [0.05, 0.1) is 0 Å². The molecule has 2 aromatic rings. The molecule has 6 heteroatoms. The van der Waals surface area contributed by atoms with Crippen LogP contribution in [0.2, 0.25) is 0 Å². The highest BCUT2D eigenvalue weighted by atomic mass is 16.2. The van der Waals surface area contributed by atoms with Crippen LogP contribution in [0, 0.1) is 13.8 Å². The largest absolute Gasteiger partial charge is 0.321 e. The van der Waals surface area contributed by atoms with Gasteiger partial charge in [-0.15, -0.1) is 0 Å². The summed E-state index contributed by atoms with van der Waals surface area (Å²) in [5, 5.41) is 5.92.